The first-order valence-corrected chi connectivity index (χ1v) is 11.8. The fourth-order valence-electron chi connectivity index (χ4n) is 5.02. The van der Waals surface area contributed by atoms with Gasteiger partial charge in [0.1, 0.15) is 6.61 Å². The highest BCUT2D eigenvalue weighted by Crippen LogP contribution is 2.44. The first kappa shape index (κ1) is 23.8. The van der Waals surface area contributed by atoms with Gasteiger partial charge in [-0.25, -0.2) is 4.79 Å². The van der Waals surface area contributed by atoms with Crippen molar-refractivity contribution < 1.29 is 24.2 Å². The molecule has 1 heterocycles. The lowest BCUT2D eigenvalue weighted by atomic mass is 9.88. The van der Waals surface area contributed by atoms with Crippen molar-refractivity contribution in [3.05, 3.63) is 59.7 Å². The Morgan fingerprint density at radius 2 is 1.68 bits per heavy atom. The van der Waals surface area contributed by atoms with Crippen LogP contribution in [0.2, 0.25) is 0 Å². The molecular weight excluding hydrogens is 432 g/mol. The zero-order chi connectivity index (χ0) is 24.3. The van der Waals surface area contributed by atoms with Crippen LogP contribution < -0.4 is 5.32 Å². The van der Waals surface area contributed by atoms with Crippen LogP contribution in [0.25, 0.3) is 11.1 Å². The third-order valence-electron chi connectivity index (χ3n) is 6.79. The number of carboxylic acids is 1. The lowest BCUT2D eigenvalue weighted by Gasteiger charge is -2.27. The summed E-state index contributed by atoms with van der Waals surface area (Å²) in [5.74, 6) is -0.815. The summed E-state index contributed by atoms with van der Waals surface area (Å²) in [5.41, 5.74) is 4.23. The highest BCUT2D eigenvalue weighted by Gasteiger charge is 2.32. The van der Waals surface area contributed by atoms with Crippen molar-refractivity contribution in [2.24, 2.45) is 11.3 Å². The molecule has 1 atom stereocenters. The maximum atomic E-state index is 12.7. The molecule has 4 rings (SSSR count). The van der Waals surface area contributed by atoms with Crippen molar-refractivity contribution in [3.8, 4) is 11.1 Å². The standard InChI is InChI=1S/C27H32N2O5/c1-27(2,14-24(30)29-12-11-18(15-29)13-25(31)32)17-28-26(33)34-16-23-21-9-5-3-7-19(21)20-8-4-6-10-22(20)23/h3-10,18,23H,11-17H2,1-2H3,(H,28,33)(H,31,32). The molecule has 0 radical (unpaired) electrons. The number of carboxylic acid groups (broad SMARTS) is 1. The summed E-state index contributed by atoms with van der Waals surface area (Å²) < 4.78 is 5.59. The fourth-order valence-corrected chi connectivity index (χ4v) is 5.02. The van der Waals surface area contributed by atoms with E-state index in [1.54, 1.807) is 4.90 Å². The number of aliphatic carboxylic acids is 1. The van der Waals surface area contributed by atoms with E-state index in [0.717, 1.165) is 17.5 Å². The molecule has 0 saturated carbocycles. The van der Waals surface area contributed by atoms with Crippen LogP contribution in [0, 0.1) is 11.3 Å². The van der Waals surface area contributed by atoms with Gasteiger partial charge in [0.25, 0.3) is 0 Å². The van der Waals surface area contributed by atoms with Gasteiger partial charge in [-0.2, -0.15) is 0 Å². The van der Waals surface area contributed by atoms with Gasteiger partial charge in [-0.1, -0.05) is 62.4 Å². The summed E-state index contributed by atoms with van der Waals surface area (Å²) >= 11 is 0. The third-order valence-corrected chi connectivity index (χ3v) is 6.79. The van der Waals surface area contributed by atoms with Crippen LogP contribution in [0.3, 0.4) is 0 Å². The number of hydrogen-bond donors (Lipinski definition) is 2. The van der Waals surface area contributed by atoms with Crippen LogP contribution in [0.15, 0.2) is 48.5 Å². The number of nitrogens with one attached hydrogen (secondary N) is 1. The summed E-state index contributed by atoms with van der Waals surface area (Å²) in [6.45, 7) is 5.49. The summed E-state index contributed by atoms with van der Waals surface area (Å²) in [5, 5.41) is 11.8. The van der Waals surface area contributed by atoms with Gasteiger partial charge in [0, 0.05) is 38.4 Å². The molecule has 34 heavy (non-hydrogen) atoms. The molecule has 2 amide bonds. The molecule has 0 spiro atoms. The van der Waals surface area contributed by atoms with Crippen molar-refractivity contribution in [1.29, 1.82) is 0 Å². The number of benzene rings is 2. The Bertz CT molecular complexity index is 1030. The highest BCUT2D eigenvalue weighted by atomic mass is 16.5. The molecule has 180 valence electrons. The number of likely N-dealkylation sites (tertiary alicyclic amines) is 1. The Kier molecular flexibility index (Phi) is 6.91. The van der Waals surface area contributed by atoms with Crippen LogP contribution >= 0.6 is 0 Å². The number of rotatable bonds is 8. The summed E-state index contributed by atoms with van der Waals surface area (Å²) in [4.78, 5) is 37.8. The molecule has 1 aliphatic heterocycles. The minimum atomic E-state index is -0.827. The minimum Gasteiger partial charge on any atom is -0.481 e. The van der Waals surface area contributed by atoms with E-state index in [9.17, 15) is 14.4 Å². The van der Waals surface area contributed by atoms with Crippen molar-refractivity contribution in [3.63, 3.8) is 0 Å². The monoisotopic (exact) mass is 464 g/mol. The Morgan fingerprint density at radius 3 is 2.29 bits per heavy atom. The van der Waals surface area contributed by atoms with E-state index >= 15 is 0 Å². The second-order valence-electron chi connectivity index (χ2n) is 10.1. The van der Waals surface area contributed by atoms with E-state index in [4.69, 9.17) is 9.84 Å². The Hall–Kier alpha value is -3.35. The topological polar surface area (TPSA) is 95.9 Å². The van der Waals surface area contributed by atoms with Crippen LogP contribution in [0.5, 0.6) is 0 Å². The summed E-state index contributed by atoms with van der Waals surface area (Å²) in [6, 6.07) is 16.4. The molecule has 2 N–H and O–H groups in total. The minimum absolute atomic E-state index is 0.00153. The van der Waals surface area contributed by atoms with Crippen molar-refractivity contribution in [1.82, 2.24) is 10.2 Å². The van der Waals surface area contributed by atoms with Crippen molar-refractivity contribution in [2.75, 3.05) is 26.2 Å². The second kappa shape index (κ2) is 9.87. The molecule has 1 saturated heterocycles. The van der Waals surface area contributed by atoms with Gasteiger partial charge < -0.3 is 20.1 Å². The van der Waals surface area contributed by atoms with Crippen LogP contribution in [-0.2, 0) is 14.3 Å². The van der Waals surface area contributed by atoms with E-state index in [-0.39, 0.29) is 37.2 Å². The van der Waals surface area contributed by atoms with E-state index in [2.05, 4.69) is 29.6 Å². The third kappa shape index (κ3) is 5.41. The maximum absolute atomic E-state index is 12.7. The lowest BCUT2D eigenvalue weighted by Crippen LogP contribution is -2.39. The van der Waals surface area contributed by atoms with Gasteiger partial charge in [-0.15, -0.1) is 0 Å². The first-order chi connectivity index (χ1) is 16.2. The molecule has 0 bridgehead atoms. The van der Waals surface area contributed by atoms with E-state index < -0.39 is 17.5 Å². The van der Waals surface area contributed by atoms with Gasteiger partial charge in [-0.3, -0.25) is 9.59 Å². The van der Waals surface area contributed by atoms with Gasteiger partial charge in [0.05, 0.1) is 0 Å². The smallest absolute Gasteiger partial charge is 0.407 e. The Morgan fingerprint density at radius 1 is 1.06 bits per heavy atom. The molecule has 2 aromatic carbocycles. The number of carbonyl (C=O) groups is 3. The van der Waals surface area contributed by atoms with Gasteiger partial charge in [0.15, 0.2) is 0 Å². The average molecular weight is 465 g/mol. The lowest BCUT2D eigenvalue weighted by molar-refractivity contribution is -0.138. The number of hydrogen-bond acceptors (Lipinski definition) is 4. The predicted molar refractivity (Wildman–Crippen MR) is 128 cm³/mol. The van der Waals surface area contributed by atoms with E-state index in [1.165, 1.54) is 11.1 Å². The fraction of sp³-hybridized carbons (Fsp3) is 0.444. The van der Waals surface area contributed by atoms with Crippen LogP contribution in [0.4, 0.5) is 4.79 Å². The molecule has 2 aliphatic rings. The normalized spacial score (nSPS) is 17.2. The Balaban J connectivity index is 1.26. The molecule has 0 aromatic heterocycles. The summed E-state index contributed by atoms with van der Waals surface area (Å²) in [7, 11) is 0. The molecular formula is C27H32N2O5. The van der Waals surface area contributed by atoms with E-state index in [0.29, 0.717) is 19.6 Å². The average Bonchev–Trinajstić information content (AvgIpc) is 3.38. The molecule has 7 nitrogen and oxygen atoms in total. The number of amides is 2. The Labute approximate surface area is 200 Å². The second-order valence-corrected chi connectivity index (χ2v) is 10.1. The van der Waals surface area contributed by atoms with Crippen molar-refractivity contribution >= 4 is 18.0 Å². The van der Waals surface area contributed by atoms with Crippen LogP contribution in [-0.4, -0.2) is 54.2 Å². The maximum Gasteiger partial charge on any atom is 0.407 e. The number of alkyl carbamates (subject to hydrolysis) is 1. The number of nitrogens with zero attached hydrogens (tertiary/aromatic N) is 1. The van der Waals surface area contributed by atoms with Gasteiger partial charge in [-0.05, 0) is 40.0 Å². The first-order valence-electron chi connectivity index (χ1n) is 11.8. The molecule has 7 heteroatoms. The van der Waals surface area contributed by atoms with Gasteiger partial charge >= 0.3 is 12.1 Å². The summed E-state index contributed by atoms with van der Waals surface area (Å²) in [6.07, 6.45) is 0.591. The molecule has 2 aromatic rings. The van der Waals surface area contributed by atoms with Gasteiger partial charge in [0.2, 0.25) is 5.91 Å². The molecule has 1 aliphatic carbocycles. The zero-order valence-electron chi connectivity index (χ0n) is 19.8. The number of ether oxygens (including phenoxy) is 1. The van der Waals surface area contributed by atoms with Crippen molar-refractivity contribution in [2.45, 2.75) is 39.0 Å². The number of fused-ring (bicyclic) bond motifs is 3. The number of carbonyl (C=O) groups excluding carboxylic acids is 2. The zero-order valence-corrected chi connectivity index (χ0v) is 19.8. The quantitative estimate of drug-likeness (QED) is 0.608. The molecule has 1 unspecified atom stereocenters. The highest BCUT2D eigenvalue weighted by molar-refractivity contribution is 5.79. The molecule has 1 fully saturated rings. The van der Waals surface area contributed by atoms with Crippen LogP contribution in [0.1, 0.15) is 50.2 Å². The van der Waals surface area contributed by atoms with E-state index in [1.807, 2.05) is 38.1 Å². The predicted octanol–water partition coefficient (Wildman–Crippen LogP) is 4.26. The SMILES string of the molecule is CC(C)(CNC(=O)OCC1c2ccccc2-c2ccccc21)CC(=O)N1CCC(CC(=O)O)C1. The largest absolute Gasteiger partial charge is 0.481 e.